The van der Waals surface area contributed by atoms with Crippen molar-refractivity contribution in [2.24, 2.45) is 0 Å². The molecule has 0 amide bonds. The molecule has 0 bridgehead atoms. The summed E-state index contributed by atoms with van der Waals surface area (Å²) >= 11 is 6.25. The zero-order valence-corrected chi connectivity index (χ0v) is 10.0. The van der Waals surface area contributed by atoms with Gasteiger partial charge in [0.15, 0.2) is 0 Å². The monoisotopic (exact) mass is 248 g/mol. The molecule has 1 saturated carbocycles. The Labute approximate surface area is 104 Å². The van der Waals surface area contributed by atoms with Gasteiger partial charge in [-0.2, -0.15) is 5.10 Å². The van der Waals surface area contributed by atoms with Crippen molar-refractivity contribution in [1.29, 1.82) is 0 Å². The number of halogens is 1. The van der Waals surface area contributed by atoms with Crippen LogP contribution >= 0.6 is 11.6 Å². The van der Waals surface area contributed by atoms with Crippen LogP contribution in [0.5, 0.6) is 0 Å². The molecule has 3 N–H and O–H groups in total. The molecule has 4 nitrogen and oxygen atoms in total. The van der Waals surface area contributed by atoms with Gasteiger partial charge in [0.1, 0.15) is 5.82 Å². The highest BCUT2D eigenvalue weighted by atomic mass is 35.5. The zero-order valence-electron chi connectivity index (χ0n) is 9.28. The molecule has 0 unspecified atom stereocenters. The average molecular weight is 249 g/mol. The number of hydrogen-bond acceptors (Lipinski definition) is 3. The van der Waals surface area contributed by atoms with Gasteiger partial charge in [-0.3, -0.25) is 10.1 Å². The maximum Gasteiger partial charge on any atom is 0.145 e. The molecular weight excluding hydrogens is 236 g/mol. The number of nitrogens with one attached hydrogen (secondary N) is 1. The molecule has 0 spiro atoms. The number of aromatic nitrogens is 3. The Morgan fingerprint density at radius 2 is 2.24 bits per heavy atom. The number of H-pyrrole nitrogens is 1. The van der Waals surface area contributed by atoms with Gasteiger partial charge in [-0.1, -0.05) is 18.0 Å². The second kappa shape index (κ2) is 3.74. The maximum absolute atomic E-state index is 6.25. The molecule has 17 heavy (non-hydrogen) atoms. The first kappa shape index (κ1) is 10.6. The van der Waals surface area contributed by atoms with E-state index in [2.05, 4.69) is 15.2 Å². The lowest BCUT2D eigenvalue weighted by Gasteiger charge is -2.41. The molecule has 2 aromatic heterocycles. The molecule has 0 radical (unpaired) electrons. The van der Waals surface area contributed by atoms with Gasteiger partial charge < -0.3 is 5.73 Å². The van der Waals surface area contributed by atoms with E-state index in [4.69, 9.17) is 17.3 Å². The quantitative estimate of drug-likeness (QED) is 0.858. The molecular formula is C12H13ClN4. The molecule has 3 rings (SSSR count). The van der Waals surface area contributed by atoms with E-state index in [1.807, 2.05) is 12.1 Å². The third kappa shape index (κ3) is 1.52. The number of pyridine rings is 1. The van der Waals surface area contributed by atoms with Crippen molar-refractivity contribution in [3.05, 3.63) is 40.8 Å². The van der Waals surface area contributed by atoms with Gasteiger partial charge in [-0.25, -0.2) is 0 Å². The number of hydrogen-bond donors (Lipinski definition) is 2. The number of nitrogens with two attached hydrogens (primary N) is 1. The van der Waals surface area contributed by atoms with E-state index in [1.54, 1.807) is 12.4 Å². The van der Waals surface area contributed by atoms with Crippen LogP contribution in [0.25, 0.3) is 0 Å². The Kier molecular flexibility index (Phi) is 2.33. The molecule has 1 aliphatic rings. The first-order chi connectivity index (χ1) is 8.22. The Hall–Kier alpha value is -1.55. The number of aromatic amines is 1. The SMILES string of the molecule is Nc1cc(C2(c3ccncc3Cl)CCC2)[nH]n1. The molecule has 1 fully saturated rings. The van der Waals surface area contributed by atoms with Crippen LogP contribution in [-0.2, 0) is 5.41 Å². The fourth-order valence-electron chi connectivity index (χ4n) is 2.56. The van der Waals surface area contributed by atoms with E-state index in [1.165, 1.54) is 6.42 Å². The normalized spacial score (nSPS) is 17.7. The summed E-state index contributed by atoms with van der Waals surface area (Å²) in [7, 11) is 0. The van der Waals surface area contributed by atoms with Gasteiger partial charge in [0.25, 0.3) is 0 Å². The van der Waals surface area contributed by atoms with Gasteiger partial charge >= 0.3 is 0 Å². The summed E-state index contributed by atoms with van der Waals surface area (Å²) in [6.07, 6.45) is 6.80. The van der Waals surface area contributed by atoms with Gasteiger partial charge in [0.05, 0.1) is 5.02 Å². The van der Waals surface area contributed by atoms with Crippen LogP contribution < -0.4 is 5.73 Å². The Morgan fingerprint density at radius 3 is 2.76 bits per heavy atom. The highest BCUT2D eigenvalue weighted by Crippen LogP contribution is 2.50. The van der Waals surface area contributed by atoms with Gasteiger partial charge in [-0.15, -0.1) is 0 Å². The molecule has 0 aromatic carbocycles. The van der Waals surface area contributed by atoms with E-state index in [-0.39, 0.29) is 5.41 Å². The van der Waals surface area contributed by atoms with Gasteiger partial charge in [-0.05, 0) is 24.5 Å². The predicted octanol–water partition coefficient (Wildman–Crippen LogP) is 2.51. The summed E-state index contributed by atoms with van der Waals surface area (Å²) in [6.45, 7) is 0. The van der Waals surface area contributed by atoms with E-state index in [0.29, 0.717) is 10.8 Å². The molecule has 88 valence electrons. The van der Waals surface area contributed by atoms with Crippen molar-refractivity contribution in [3.63, 3.8) is 0 Å². The fourth-order valence-corrected chi connectivity index (χ4v) is 2.86. The van der Waals surface area contributed by atoms with Crippen molar-refractivity contribution in [2.45, 2.75) is 24.7 Å². The van der Waals surface area contributed by atoms with E-state index in [9.17, 15) is 0 Å². The molecule has 2 heterocycles. The minimum atomic E-state index is -0.0509. The standard InChI is InChI=1S/C12H13ClN4/c13-9-7-15-5-2-8(9)12(3-1-4-12)10-6-11(14)17-16-10/h2,5-7H,1,3-4H2,(H3,14,16,17). The van der Waals surface area contributed by atoms with E-state index < -0.39 is 0 Å². The predicted molar refractivity (Wildman–Crippen MR) is 66.9 cm³/mol. The summed E-state index contributed by atoms with van der Waals surface area (Å²) in [5.41, 5.74) is 7.80. The van der Waals surface area contributed by atoms with Crippen molar-refractivity contribution >= 4 is 17.4 Å². The highest BCUT2D eigenvalue weighted by molar-refractivity contribution is 6.31. The second-order valence-corrected chi connectivity index (χ2v) is 4.90. The minimum Gasteiger partial charge on any atom is -0.382 e. The van der Waals surface area contributed by atoms with Crippen molar-refractivity contribution < 1.29 is 0 Å². The summed E-state index contributed by atoms with van der Waals surface area (Å²) in [5, 5.41) is 7.74. The molecule has 5 heteroatoms. The molecule has 2 aromatic rings. The Bertz CT molecular complexity index is 545. The largest absolute Gasteiger partial charge is 0.382 e. The lowest BCUT2D eigenvalue weighted by atomic mass is 9.62. The third-order valence-electron chi connectivity index (χ3n) is 3.61. The molecule has 1 aliphatic carbocycles. The Balaban J connectivity index is 2.12. The lowest BCUT2D eigenvalue weighted by Crippen LogP contribution is -2.36. The van der Waals surface area contributed by atoms with Crippen LogP contribution in [0.15, 0.2) is 24.5 Å². The van der Waals surface area contributed by atoms with Crippen LogP contribution in [0, 0.1) is 0 Å². The number of rotatable bonds is 2. The zero-order chi connectivity index (χ0) is 11.9. The van der Waals surface area contributed by atoms with Crippen LogP contribution in [0.4, 0.5) is 5.82 Å². The van der Waals surface area contributed by atoms with Gasteiger partial charge in [0, 0.05) is 29.6 Å². The lowest BCUT2D eigenvalue weighted by molar-refractivity contribution is 0.293. The average Bonchev–Trinajstić information content (AvgIpc) is 2.67. The van der Waals surface area contributed by atoms with Crippen molar-refractivity contribution in [1.82, 2.24) is 15.2 Å². The first-order valence-electron chi connectivity index (χ1n) is 5.64. The first-order valence-corrected chi connectivity index (χ1v) is 6.01. The number of anilines is 1. The van der Waals surface area contributed by atoms with Crippen LogP contribution in [-0.4, -0.2) is 15.2 Å². The van der Waals surface area contributed by atoms with Crippen molar-refractivity contribution in [3.8, 4) is 0 Å². The van der Waals surface area contributed by atoms with Gasteiger partial charge in [0.2, 0.25) is 0 Å². The summed E-state index contributed by atoms with van der Waals surface area (Å²) in [5.74, 6) is 0.524. The van der Waals surface area contributed by atoms with E-state index in [0.717, 1.165) is 24.1 Å². The van der Waals surface area contributed by atoms with Crippen LogP contribution in [0.1, 0.15) is 30.5 Å². The Morgan fingerprint density at radius 1 is 1.41 bits per heavy atom. The summed E-state index contributed by atoms with van der Waals surface area (Å²) < 4.78 is 0. The smallest absolute Gasteiger partial charge is 0.145 e. The third-order valence-corrected chi connectivity index (χ3v) is 3.91. The van der Waals surface area contributed by atoms with Crippen LogP contribution in [0.3, 0.4) is 0 Å². The second-order valence-electron chi connectivity index (χ2n) is 4.50. The minimum absolute atomic E-state index is 0.0509. The number of nitrogens with zero attached hydrogens (tertiary/aromatic N) is 2. The highest BCUT2D eigenvalue weighted by Gasteiger charge is 2.43. The molecule has 0 saturated heterocycles. The van der Waals surface area contributed by atoms with E-state index >= 15 is 0 Å². The molecule has 0 atom stereocenters. The van der Waals surface area contributed by atoms with Crippen molar-refractivity contribution in [2.75, 3.05) is 5.73 Å². The molecule has 0 aliphatic heterocycles. The summed E-state index contributed by atoms with van der Waals surface area (Å²) in [6, 6.07) is 3.88. The van der Waals surface area contributed by atoms with Crippen LogP contribution in [0.2, 0.25) is 5.02 Å². The maximum atomic E-state index is 6.25. The fraction of sp³-hybridized carbons (Fsp3) is 0.333. The summed E-state index contributed by atoms with van der Waals surface area (Å²) in [4.78, 5) is 4.03. The topological polar surface area (TPSA) is 67.6 Å². The number of nitrogen functional groups attached to an aromatic ring is 1.